The summed E-state index contributed by atoms with van der Waals surface area (Å²) in [5.41, 5.74) is 3.56. The van der Waals surface area contributed by atoms with Crippen molar-refractivity contribution in [1.29, 1.82) is 0 Å². The van der Waals surface area contributed by atoms with Gasteiger partial charge in [0.25, 0.3) is 5.91 Å². The van der Waals surface area contributed by atoms with Crippen LogP contribution in [0.25, 0.3) is 0 Å². The van der Waals surface area contributed by atoms with Gasteiger partial charge < -0.3 is 14.8 Å². The summed E-state index contributed by atoms with van der Waals surface area (Å²) in [6.07, 6.45) is 0. The van der Waals surface area contributed by atoms with Gasteiger partial charge in [-0.05, 0) is 56.2 Å². The molecule has 0 aliphatic heterocycles. The second-order valence-electron chi connectivity index (χ2n) is 6.92. The van der Waals surface area contributed by atoms with Gasteiger partial charge in [-0.15, -0.1) is 0 Å². The van der Waals surface area contributed by atoms with Crippen molar-refractivity contribution in [3.8, 4) is 11.5 Å². The standard InChI is InChI=1S/C25H27NO3/c1-4-28-24-15-14-21(25(27)26-19(3)20-11-6-5-7-12-20)16-22(24)17-29-23-13-9-8-10-18(23)2/h5-16,19H,4,17H2,1-3H3,(H,26,27)/t19-/m0/s1. The molecule has 0 aromatic heterocycles. The van der Waals surface area contributed by atoms with Crippen LogP contribution in [-0.2, 0) is 6.61 Å². The van der Waals surface area contributed by atoms with E-state index in [2.05, 4.69) is 5.32 Å². The van der Waals surface area contributed by atoms with Crippen LogP contribution in [0.5, 0.6) is 11.5 Å². The Morgan fingerprint density at radius 1 is 0.931 bits per heavy atom. The zero-order valence-electron chi connectivity index (χ0n) is 17.1. The lowest BCUT2D eigenvalue weighted by atomic mass is 10.1. The number of hydrogen-bond donors (Lipinski definition) is 1. The number of nitrogens with one attached hydrogen (secondary N) is 1. The Labute approximate surface area is 172 Å². The van der Waals surface area contributed by atoms with Gasteiger partial charge in [0.15, 0.2) is 0 Å². The van der Waals surface area contributed by atoms with Crippen molar-refractivity contribution < 1.29 is 14.3 Å². The van der Waals surface area contributed by atoms with Crippen LogP contribution in [0, 0.1) is 6.92 Å². The topological polar surface area (TPSA) is 47.6 Å². The van der Waals surface area contributed by atoms with E-state index < -0.39 is 0 Å². The third-order valence-corrected chi connectivity index (χ3v) is 4.75. The molecule has 1 N–H and O–H groups in total. The summed E-state index contributed by atoms with van der Waals surface area (Å²) in [5.74, 6) is 1.43. The van der Waals surface area contributed by atoms with E-state index in [0.717, 1.165) is 28.2 Å². The van der Waals surface area contributed by atoms with Gasteiger partial charge in [-0.1, -0.05) is 48.5 Å². The molecule has 0 aliphatic carbocycles. The number of aryl methyl sites for hydroxylation is 1. The largest absolute Gasteiger partial charge is 0.493 e. The monoisotopic (exact) mass is 389 g/mol. The van der Waals surface area contributed by atoms with Crippen molar-refractivity contribution in [2.45, 2.75) is 33.4 Å². The number of carbonyl (C=O) groups is 1. The van der Waals surface area contributed by atoms with Crippen LogP contribution in [0.2, 0.25) is 0 Å². The molecular formula is C25H27NO3. The Kier molecular flexibility index (Phi) is 6.90. The molecule has 0 spiro atoms. The first-order chi connectivity index (χ1) is 14.1. The summed E-state index contributed by atoms with van der Waals surface area (Å²) in [4.78, 5) is 12.8. The molecule has 3 aromatic rings. The minimum absolute atomic E-state index is 0.0815. The highest BCUT2D eigenvalue weighted by molar-refractivity contribution is 5.94. The fraction of sp³-hybridized carbons (Fsp3) is 0.240. The molecule has 29 heavy (non-hydrogen) atoms. The molecule has 0 unspecified atom stereocenters. The first kappa shape index (κ1) is 20.5. The van der Waals surface area contributed by atoms with E-state index in [0.29, 0.717) is 18.8 Å². The van der Waals surface area contributed by atoms with E-state index in [1.54, 1.807) is 6.07 Å². The van der Waals surface area contributed by atoms with E-state index in [9.17, 15) is 4.79 Å². The Balaban J connectivity index is 1.76. The number of carbonyl (C=O) groups excluding carboxylic acids is 1. The van der Waals surface area contributed by atoms with Crippen LogP contribution in [0.3, 0.4) is 0 Å². The lowest BCUT2D eigenvalue weighted by molar-refractivity contribution is 0.0939. The summed E-state index contributed by atoms with van der Waals surface area (Å²) in [6, 6.07) is 23.2. The predicted octanol–water partition coefficient (Wildman–Crippen LogP) is 5.46. The van der Waals surface area contributed by atoms with Crippen LogP contribution in [0.15, 0.2) is 72.8 Å². The summed E-state index contributed by atoms with van der Waals surface area (Å²) >= 11 is 0. The number of ether oxygens (including phenoxy) is 2. The number of para-hydroxylation sites is 1. The molecule has 4 heteroatoms. The van der Waals surface area contributed by atoms with Gasteiger partial charge in [0.1, 0.15) is 18.1 Å². The highest BCUT2D eigenvalue weighted by Crippen LogP contribution is 2.24. The smallest absolute Gasteiger partial charge is 0.251 e. The second-order valence-corrected chi connectivity index (χ2v) is 6.92. The first-order valence-corrected chi connectivity index (χ1v) is 9.88. The van der Waals surface area contributed by atoms with Crippen LogP contribution >= 0.6 is 0 Å². The average molecular weight is 389 g/mol. The fourth-order valence-electron chi connectivity index (χ4n) is 3.11. The Morgan fingerprint density at radius 2 is 1.66 bits per heavy atom. The Hall–Kier alpha value is -3.27. The van der Waals surface area contributed by atoms with Crippen molar-refractivity contribution >= 4 is 5.91 Å². The zero-order chi connectivity index (χ0) is 20.6. The normalized spacial score (nSPS) is 11.6. The van der Waals surface area contributed by atoms with Gasteiger partial charge in [-0.3, -0.25) is 4.79 Å². The van der Waals surface area contributed by atoms with Gasteiger partial charge in [-0.2, -0.15) is 0 Å². The van der Waals surface area contributed by atoms with Gasteiger partial charge in [0, 0.05) is 11.1 Å². The van der Waals surface area contributed by atoms with Crippen LogP contribution < -0.4 is 14.8 Å². The van der Waals surface area contributed by atoms with E-state index >= 15 is 0 Å². The second kappa shape index (κ2) is 9.78. The number of amides is 1. The maximum Gasteiger partial charge on any atom is 0.251 e. The molecular weight excluding hydrogens is 362 g/mol. The summed E-state index contributed by atoms with van der Waals surface area (Å²) in [5, 5.41) is 3.05. The molecule has 3 aromatic carbocycles. The summed E-state index contributed by atoms with van der Waals surface area (Å²) in [7, 11) is 0. The van der Waals surface area contributed by atoms with E-state index in [1.165, 1.54) is 0 Å². The van der Waals surface area contributed by atoms with Crippen LogP contribution in [-0.4, -0.2) is 12.5 Å². The lowest BCUT2D eigenvalue weighted by Crippen LogP contribution is -2.26. The molecule has 0 radical (unpaired) electrons. The van der Waals surface area contributed by atoms with E-state index in [-0.39, 0.29) is 11.9 Å². The third kappa shape index (κ3) is 5.38. The van der Waals surface area contributed by atoms with E-state index in [1.807, 2.05) is 87.5 Å². The third-order valence-electron chi connectivity index (χ3n) is 4.75. The molecule has 1 atom stereocenters. The summed E-state index contributed by atoms with van der Waals surface area (Å²) in [6.45, 7) is 6.80. The molecule has 0 saturated carbocycles. The van der Waals surface area contributed by atoms with Crippen molar-refractivity contribution in [3.05, 3.63) is 95.1 Å². The van der Waals surface area contributed by atoms with Crippen molar-refractivity contribution in [2.75, 3.05) is 6.61 Å². The molecule has 150 valence electrons. The molecule has 3 rings (SSSR count). The minimum atomic E-state index is -0.124. The maximum absolute atomic E-state index is 12.8. The van der Waals surface area contributed by atoms with Gasteiger partial charge >= 0.3 is 0 Å². The van der Waals surface area contributed by atoms with Gasteiger partial charge in [0.05, 0.1) is 12.6 Å². The first-order valence-electron chi connectivity index (χ1n) is 9.88. The quantitative estimate of drug-likeness (QED) is 0.556. The molecule has 0 bridgehead atoms. The predicted molar refractivity (Wildman–Crippen MR) is 115 cm³/mol. The van der Waals surface area contributed by atoms with Crippen LogP contribution in [0.1, 0.15) is 46.9 Å². The fourth-order valence-corrected chi connectivity index (χ4v) is 3.11. The average Bonchev–Trinajstić information content (AvgIpc) is 2.74. The minimum Gasteiger partial charge on any atom is -0.493 e. The summed E-state index contributed by atoms with van der Waals surface area (Å²) < 4.78 is 11.7. The highest BCUT2D eigenvalue weighted by atomic mass is 16.5. The van der Waals surface area contributed by atoms with Crippen LogP contribution in [0.4, 0.5) is 0 Å². The van der Waals surface area contributed by atoms with Crippen molar-refractivity contribution in [1.82, 2.24) is 5.32 Å². The van der Waals surface area contributed by atoms with Crippen molar-refractivity contribution in [3.63, 3.8) is 0 Å². The number of hydrogen-bond acceptors (Lipinski definition) is 3. The number of benzene rings is 3. The van der Waals surface area contributed by atoms with E-state index in [4.69, 9.17) is 9.47 Å². The van der Waals surface area contributed by atoms with Crippen molar-refractivity contribution in [2.24, 2.45) is 0 Å². The van der Waals surface area contributed by atoms with Gasteiger partial charge in [-0.25, -0.2) is 0 Å². The maximum atomic E-state index is 12.8. The SMILES string of the molecule is CCOc1ccc(C(=O)N[C@@H](C)c2ccccc2)cc1COc1ccccc1C. The highest BCUT2D eigenvalue weighted by Gasteiger charge is 2.14. The molecule has 4 nitrogen and oxygen atoms in total. The molecule has 0 saturated heterocycles. The molecule has 1 amide bonds. The molecule has 0 aliphatic rings. The zero-order valence-corrected chi connectivity index (χ0v) is 17.1. The van der Waals surface area contributed by atoms with Gasteiger partial charge in [0.2, 0.25) is 0 Å². The Morgan fingerprint density at radius 3 is 2.38 bits per heavy atom. The molecule has 0 heterocycles. The number of rotatable bonds is 8. The lowest BCUT2D eigenvalue weighted by Gasteiger charge is -2.16. The molecule has 0 fully saturated rings. The Bertz CT molecular complexity index is 953.